The highest BCUT2D eigenvalue weighted by molar-refractivity contribution is 6.25. The van der Waals surface area contributed by atoms with Crippen molar-refractivity contribution in [3.8, 4) is 44.5 Å². The summed E-state index contributed by atoms with van der Waals surface area (Å²) in [4.78, 5) is 0. The van der Waals surface area contributed by atoms with Gasteiger partial charge in [-0.05, 0) is 154 Å². The number of fused-ring (bicyclic) bond motifs is 2. The van der Waals surface area contributed by atoms with Crippen LogP contribution in [-0.2, 0) is 5.41 Å². The molecule has 0 fully saturated rings. The Labute approximate surface area is 321 Å². The van der Waals surface area contributed by atoms with E-state index in [0.717, 1.165) is 0 Å². The van der Waals surface area contributed by atoms with Crippen LogP contribution in [0.3, 0.4) is 0 Å². The molecule has 0 unspecified atom stereocenters. The van der Waals surface area contributed by atoms with Gasteiger partial charge in [0.15, 0.2) is 0 Å². The van der Waals surface area contributed by atoms with E-state index in [1.165, 1.54) is 0 Å². The van der Waals surface area contributed by atoms with Crippen molar-refractivity contribution < 1.29 is 32.9 Å². The fraction of sp³-hybridized carbons (Fsp3) is 0.102. The SMILES string of the molecule is [2H]c1c([2H])c([2H])c(-c2c([2H])c(-c3c([2H])c4c5c(c(C)c(C)c([2H])c5c3[2H])C(C)(C)c3c([2H])c([2H])c([2H])c([2H])c3-4)c([2H])c(-c3c([2H])c([2H])c4c([2H])c([2H])c5c([2H])c([2H])c([2H])c6c([2H])c([2H])c3c4c56)c2[2H])c([2H])c1[2H]. The normalized spacial score (nSPS) is 20.3. The number of hydrogen-bond acceptors (Lipinski definition) is 0. The van der Waals surface area contributed by atoms with Crippen LogP contribution in [0.1, 0.15) is 69.0 Å². The fourth-order valence-corrected chi connectivity index (χ4v) is 7.19. The van der Waals surface area contributed by atoms with Gasteiger partial charge in [-0.15, -0.1) is 0 Å². The topological polar surface area (TPSA) is 0 Å². The maximum atomic E-state index is 10.2. The highest BCUT2D eigenvalue weighted by Crippen LogP contribution is 2.52. The smallest absolute Gasteiger partial charge is 0.0622 e. The maximum Gasteiger partial charge on any atom is 0.0636 e. The molecule has 232 valence electrons. The summed E-state index contributed by atoms with van der Waals surface area (Å²) in [5.41, 5.74) is -4.80. The molecule has 9 aromatic carbocycles. The summed E-state index contributed by atoms with van der Waals surface area (Å²) in [6, 6.07) is -18.4. The first-order valence-corrected chi connectivity index (χ1v) is 15.5. The third-order valence-electron chi connectivity index (χ3n) is 9.50. The molecule has 1 aliphatic rings. The second kappa shape index (κ2) is 10.1. The van der Waals surface area contributed by atoms with Gasteiger partial charge in [0.25, 0.3) is 0 Å². The third kappa shape index (κ3) is 4.04. The molecule has 0 heterocycles. The van der Waals surface area contributed by atoms with Crippen LogP contribution in [0.15, 0.2) is 145 Å². The largest absolute Gasteiger partial charge is 0.0636 e. The maximum absolute atomic E-state index is 10.2. The summed E-state index contributed by atoms with van der Waals surface area (Å²) in [5, 5.41) is -2.46. The van der Waals surface area contributed by atoms with Crippen molar-refractivity contribution in [1.29, 1.82) is 0 Å². The molecule has 0 spiro atoms. The zero-order valence-corrected chi connectivity index (χ0v) is 26.5. The predicted octanol–water partition coefficient (Wildman–Crippen LogP) is 13.7. The zero-order chi connectivity index (χ0) is 53.9. The van der Waals surface area contributed by atoms with E-state index in [1.54, 1.807) is 27.7 Å². The molecule has 0 saturated heterocycles. The van der Waals surface area contributed by atoms with Gasteiger partial charge in [0.2, 0.25) is 0 Å². The Balaban J connectivity index is 1.53. The summed E-state index contributed by atoms with van der Waals surface area (Å²) < 4.78 is 221. The van der Waals surface area contributed by atoms with E-state index in [4.69, 9.17) is 16.4 Å². The molecule has 0 radical (unpaired) electrons. The average molecular weight is 649 g/mol. The van der Waals surface area contributed by atoms with Crippen LogP contribution in [0.5, 0.6) is 0 Å². The van der Waals surface area contributed by atoms with Crippen molar-refractivity contribution in [2.45, 2.75) is 33.1 Å². The molecule has 49 heavy (non-hydrogen) atoms. The van der Waals surface area contributed by atoms with Crippen LogP contribution < -0.4 is 0 Å². The van der Waals surface area contributed by atoms with E-state index in [0.29, 0.717) is 16.7 Å². The Kier molecular flexibility index (Phi) is 2.75. The molecule has 0 saturated carbocycles. The van der Waals surface area contributed by atoms with Crippen LogP contribution in [-0.4, -0.2) is 0 Å². The van der Waals surface area contributed by atoms with Gasteiger partial charge in [0, 0.05) is 5.41 Å². The molecule has 0 aliphatic heterocycles. The van der Waals surface area contributed by atoms with E-state index in [9.17, 15) is 16.4 Å². The highest BCUT2D eigenvalue weighted by Gasteiger charge is 2.35. The molecule has 0 N–H and O–H groups in total. The molecule has 9 aromatic rings. The van der Waals surface area contributed by atoms with E-state index < -0.39 is 199 Å². The van der Waals surface area contributed by atoms with Gasteiger partial charge in [0.05, 0.1) is 32.9 Å². The van der Waals surface area contributed by atoms with Gasteiger partial charge in [-0.3, -0.25) is 0 Å². The van der Waals surface area contributed by atoms with E-state index >= 15 is 0 Å². The van der Waals surface area contributed by atoms with Crippen molar-refractivity contribution >= 4 is 43.1 Å². The molecular weight excluding hydrogens is 589 g/mol. The monoisotopic (exact) mass is 648 g/mol. The van der Waals surface area contributed by atoms with Gasteiger partial charge in [-0.25, -0.2) is 0 Å². The first-order chi connectivity index (χ1) is 33.9. The Morgan fingerprint density at radius 3 is 1.86 bits per heavy atom. The summed E-state index contributed by atoms with van der Waals surface area (Å²) in [7, 11) is 0. The lowest BCUT2D eigenvalue weighted by Gasteiger charge is -2.37. The van der Waals surface area contributed by atoms with Crippen molar-refractivity contribution in [3.05, 3.63) is 167 Å². The van der Waals surface area contributed by atoms with Crippen LogP contribution >= 0.6 is 0 Å². The lowest BCUT2D eigenvalue weighted by molar-refractivity contribution is 0.639. The quantitative estimate of drug-likeness (QED) is 0.167. The molecule has 0 amide bonds. The summed E-state index contributed by atoms with van der Waals surface area (Å²) in [6.45, 7) is 6.74. The molecular formula is C49H36. The molecule has 0 aromatic heterocycles. The standard InChI is InChI=1S/C49H36/c1-29-23-39-27-37(28-43-41-15-8-9-16-44(41)49(3,4)48(30(29)2)47(39)43)36-24-35(31-11-6-5-7-12-31)25-38(26-36)40-21-19-34-18-17-32-13-10-14-33-20-22-42(40)46(34)45(32)33/h5-28H,1-4H3/i5D,6D,7D,8D,9D,10D,11D,12D,13D,14D,15D,16D,17D,18D,19D,20D,21D,22D,23D,24D,25D,26D,27D,28D. The number of rotatable bonds is 3. The minimum atomic E-state index is -1.25. The molecule has 1 aliphatic carbocycles. The van der Waals surface area contributed by atoms with Gasteiger partial charge in [-0.1, -0.05) is 129 Å². The van der Waals surface area contributed by atoms with E-state index in [-0.39, 0.29) is 44.3 Å². The van der Waals surface area contributed by atoms with Crippen LogP contribution in [0.4, 0.5) is 0 Å². The van der Waals surface area contributed by atoms with Crippen molar-refractivity contribution in [3.63, 3.8) is 0 Å². The number of hydrogen-bond donors (Lipinski definition) is 0. The minimum absolute atomic E-state index is 0.0578. The van der Waals surface area contributed by atoms with Gasteiger partial charge in [-0.2, -0.15) is 0 Å². The molecule has 0 bridgehead atoms. The summed E-state index contributed by atoms with van der Waals surface area (Å²) in [6.07, 6.45) is 0. The highest BCUT2D eigenvalue weighted by atomic mass is 14.4. The van der Waals surface area contributed by atoms with E-state index in [1.807, 2.05) is 0 Å². The molecule has 0 atom stereocenters. The minimum Gasteiger partial charge on any atom is -0.0622 e. The third-order valence-corrected chi connectivity index (χ3v) is 9.50. The van der Waals surface area contributed by atoms with Gasteiger partial charge in [0.1, 0.15) is 0 Å². The van der Waals surface area contributed by atoms with Crippen molar-refractivity contribution in [2.75, 3.05) is 0 Å². The second-order valence-electron chi connectivity index (χ2n) is 12.6. The van der Waals surface area contributed by atoms with Crippen molar-refractivity contribution in [1.82, 2.24) is 0 Å². The first kappa shape index (κ1) is 13.3. The zero-order valence-electron chi connectivity index (χ0n) is 50.5. The Bertz CT molecular complexity index is 4120. The Hall–Kier alpha value is -5.72. The lowest BCUT2D eigenvalue weighted by Crippen LogP contribution is -2.25. The number of benzene rings is 9. The summed E-state index contributed by atoms with van der Waals surface area (Å²) >= 11 is 0. The lowest BCUT2D eigenvalue weighted by atomic mass is 9.66. The van der Waals surface area contributed by atoms with Crippen molar-refractivity contribution in [2.24, 2.45) is 0 Å². The van der Waals surface area contributed by atoms with Gasteiger partial charge < -0.3 is 0 Å². The summed E-state index contributed by atoms with van der Waals surface area (Å²) in [5.74, 6) is 0. The van der Waals surface area contributed by atoms with E-state index in [2.05, 4.69) is 0 Å². The van der Waals surface area contributed by atoms with Crippen LogP contribution in [0, 0.1) is 13.8 Å². The fourth-order valence-electron chi connectivity index (χ4n) is 7.19. The van der Waals surface area contributed by atoms with Gasteiger partial charge >= 0.3 is 0 Å². The molecule has 0 heteroatoms. The van der Waals surface area contributed by atoms with Crippen LogP contribution in [0.25, 0.3) is 87.6 Å². The Morgan fingerprint density at radius 1 is 0.429 bits per heavy atom. The van der Waals surface area contributed by atoms with Crippen LogP contribution in [0.2, 0.25) is 0 Å². The molecule has 10 rings (SSSR count). The average Bonchev–Trinajstić information content (AvgIpc) is 3.33. The first-order valence-electron chi connectivity index (χ1n) is 27.5. The molecule has 0 nitrogen and oxygen atoms in total. The second-order valence-corrected chi connectivity index (χ2v) is 12.6. The predicted molar refractivity (Wildman–Crippen MR) is 211 cm³/mol. The Morgan fingerprint density at radius 2 is 1.06 bits per heavy atom.